The summed E-state index contributed by atoms with van der Waals surface area (Å²) in [5.74, 6) is 0.757. The molecule has 5 heteroatoms. The van der Waals surface area contributed by atoms with E-state index in [0.29, 0.717) is 0 Å². The normalized spacial score (nSPS) is 10.5. The average molecular weight is 220 g/mol. The van der Waals surface area contributed by atoms with Crippen molar-refractivity contribution in [3.63, 3.8) is 0 Å². The van der Waals surface area contributed by atoms with Crippen molar-refractivity contribution in [1.82, 2.24) is 20.3 Å². The Bertz CT molecular complexity index is 413. The summed E-state index contributed by atoms with van der Waals surface area (Å²) in [4.78, 5) is 13.7. The standard InChI is InChI=1S/C10H12N4S/c1-2-11-5-8-3-4-13-10(14-8)9-6-12-7-15-9/h3-4,6-7,11H,2,5H2,1H3. The van der Waals surface area contributed by atoms with E-state index in [1.165, 1.54) is 0 Å². The van der Waals surface area contributed by atoms with Crippen LogP contribution in [-0.4, -0.2) is 21.5 Å². The summed E-state index contributed by atoms with van der Waals surface area (Å²) in [5.41, 5.74) is 2.80. The van der Waals surface area contributed by atoms with Gasteiger partial charge in [0.1, 0.15) is 0 Å². The quantitative estimate of drug-likeness (QED) is 0.852. The molecule has 0 aromatic carbocycles. The van der Waals surface area contributed by atoms with Gasteiger partial charge < -0.3 is 5.32 Å². The van der Waals surface area contributed by atoms with Crippen molar-refractivity contribution in [3.05, 3.63) is 29.7 Å². The molecule has 0 aliphatic heterocycles. The Hall–Kier alpha value is -1.33. The van der Waals surface area contributed by atoms with Crippen molar-refractivity contribution in [3.8, 4) is 10.7 Å². The molecule has 1 N–H and O–H groups in total. The third-order valence-electron chi connectivity index (χ3n) is 1.92. The van der Waals surface area contributed by atoms with E-state index >= 15 is 0 Å². The van der Waals surface area contributed by atoms with E-state index in [9.17, 15) is 0 Å². The van der Waals surface area contributed by atoms with Crippen molar-refractivity contribution in [1.29, 1.82) is 0 Å². The minimum absolute atomic E-state index is 0.757. The Kier molecular flexibility index (Phi) is 3.37. The molecule has 0 amide bonds. The van der Waals surface area contributed by atoms with Crippen LogP contribution in [0.4, 0.5) is 0 Å². The summed E-state index contributed by atoms with van der Waals surface area (Å²) in [6.45, 7) is 3.80. The predicted molar refractivity (Wildman–Crippen MR) is 60.5 cm³/mol. The molecule has 0 spiro atoms. The van der Waals surface area contributed by atoms with Gasteiger partial charge in [0, 0.05) is 18.9 Å². The first-order valence-corrected chi connectivity index (χ1v) is 5.69. The van der Waals surface area contributed by atoms with Crippen LogP contribution in [0.1, 0.15) is 12.6 Å². The molecule has 0 saturated heterocycles. The van der Waals surface area contributed by atoms with Crippen LogP contribution in [0.5, 0.6) is 0 Å². The van der Waals surface area contributed by atoms with E-state index in [1.807, 2.05) is 6.07 Å². The van der Waals surface area contributed by atoms with E-state index in [1.54, 1.807) is 29.2 Å². The first kappa shape index (κ1) is 10.2. The molecule has 2 aromatic rings. The van der Waals surface area contributed by atoms with Gasteiger partial charge in [-0.3, -0.25) is 4.98 Å². The fourth-order valence-corrected chi connectivity index (χ4v) is 1.75. The summed E-state index contributed by atoms with van der Waals surface area (Å²) >= 11 is 1.55. The first-order chi connectivity index (χ1) is 7.40. The van der Waals surface area contributed by atoms with Crippen LogP contribution >= 0.6 is 11.3 Å². The molecule has 4 nitrogen and oxygen atoms in total. The van der Waals surface area contributed by atoms with E-state index in [4.69, 9.17) is 0 Å². The Morgan fingerprint density at radius 1 is 1.47 bits per heavy atom. The largest absolute Gasteiger partial charge is 0.311 e. The van der Waals surface area contributed by atoms with Crippen molar-refractivity contribution in [2.45, 2.75) is 13.5 Å². The number of hydrogen-bond donors (Lipinski definition) is 1. The van der Waals surface area contributed by atoms with Crippen LogP contribution in [0.25, 0.3) is 10.7 Å². The fourth-order valence-electron chi connectivity index (χ4n) is 1.19. The van der Waals surface area contributed by atoms with Crippen molar-refractivity contribution < 1.29 is 0 Å². The second-order valence-electron chi connectivity index (χ2n) is 3.02. The van der Waals surface area contributed by atoms with E-state index in [-0.39, 0.29) is 0 Å². The Morgan fingerprint density at radius 2 is 2.40 bits per heavy atom. The zero-order valence-corrected chi connectivity index (χ0v) is 9.29. The Morgan fingerprint density at radius 3 is 3.13 bits per heavy atom. The highest BCUT2D eigenvalue weighted by Crippen LogP contribution is 2.18. The predicted octanol–water partition coefficient (Wildman–Crippen LogP) is 1.71. The van der Waals surface area contributed by atoms with E-state index in [0.717, 1.165) is 29.5 Å². The van der Waals surface area contributed by atoms with Gasteiger partial charge in [0.2, 0.25) is 0 Å². The summed E-state index contributed by atoms with van der Waals surface area (Å²) < 4.78 is 0. The molecule has 0 atom stereocenters. The SMILES string of the molecule is CCNCc1ccnc(-c2cncs2)n1. The topological polar surface area (TPSA) is 50.7 Å². The number of thiazole rings is 1. The van der Waals surface area contributed by atoms with E-state index in [2.05, 4.69) is 27.2 Å². The molecular weight excluding hydrogens is 208 g/mol. The summed E-state index contributed by atoms with van der Waals surface area (Å²) in [6, 6.07) is 1.92. The maximum Gasteiger partial charge on any atom is 0.171 e. The summed E-state index contributed by atoms with van der Waals surface area (Å²) in [5, 5.41) is 3.23. The zero-order valence-electron chi connectivity index (χ0n) is 8.47. The molecule has 0 fully saturated rings. The summed E-state index contributed by atoms with van der Waals surface area (Å²) in [6.07, 6.45) is 3.58. The second-order valence-corrected chi connectivity index (χ2v) is 3.90. The number of hydrogen-bond acceptors (Lipinski definition) is 5. The van der Waals surface area contributed by atoms with Crippen LogP contribution in [0.3, 0.4) is 0 Å². The van der Waals surface area contributed by atoms with Crippen LogP contribution in [0, 0.1) is 0 Å². The molecule has 78 valence electrons. The minimum atomic E-state index is 0.757. The van der Waals surface area contributed by atoms with Crippen LogP contribution in [0.15, 0.2) is 24.0 Å². The highest BCUT2D eigenvalue weighted by molar-refractivity contribution is 7.13. The van der Waals surface area contributed by atoms with Gasteiger partial charge in [0.05, 0.1) is 16.1 Å². The Balaban J connectivity index is 2.19. The molecule has 0 radical (unpaired) electrons. The molecule has 2 rings (SSSR count). The lowest BCUT2D eigenvalue weighted by Gasteiger charge is -2.02. The lowest BCUT2D eigenvalue weighted by molar-refractivity contribution is 0.709. The van der Waals surface area contributed by atoms with Crippen LogP contribution in [0.2, 0.25) is 0 Å². The average Bonchev–Trinajstić information content (AvgIpc) is 2.80. The van der Waals surface area contributed by atoms with Crippen LogP contribution < -0.4 is 5.32 Å². The third-order valence-corrected chi connectivity index (χ3v) is 2.69. The van der Waals surface area contributed by atoms with Crippen LogP contribution in [-0.2, 0) is 6.54 Å². The van der Waals surface area contributed by atoms with Gasteiger partial charge in [-0.05, 0) is 12.6 Å². The third kappa shape index (κ3) is 2.57. The molecule has 0 bridgehead atoms. The van der Waals surface area contributed by atoms with Gasteiger partial charge in [0.25, 0.3) is 0 Å². The lowest BCUT2D eigenvalue weighted by atomic mass is 10.4. The van der Waals surface area contributed by atoms with E-state index < -0.39 is 0 Å². The molecule has 0 saturated carbocycles. The number of aromatic nitrogens is 3. The van der Waals surface area contributed by atoms with Crippen molar-refractivity contribution in [2.75, 3.05) is 6.54 Å². The van der Waals surface area contributed by atoms with Gasteiger partial charge in [-0.2, -0.15) is 0 Å². The highest BCUT2D eigenvalue weighted by Gasteiger charge is 2.03. The lowest BCUT2D eigenvalue weighted by Crippen LogP contribution is -2.13. The number of rotatable bonds is 4. The molecule has 2 aromatic heterocycles. The first-order valence-electron chi connectivity index (χ1n) is 4.81. The maximum atomic E-state index is 4.45. The number of nitrogens with zero attached hydrogens (tertiary/aromatic N) is 3. The van der Waals surface area contributed by atoms with Gasteiger partial charge in [-0.15, -0.1) is 11.3 Å². The molecule has 0 aliphatic carbocycles. The highest BCUT2D eigenvalue weighted by atomic mass is 32.1. The molecular formula is C10H12N4S. The van der Waals surface area contributed by atoms with Gasteiger partial charge in [-0.25, -0.2) is 9.97 Å². The maximum absolute atomic E-state index is 4.45. The molecule has 0 unspecified atom stereocenters. The number of nitrogens with one attached hydrogen (secondary N) is 1. The van der Waals surface area contributed by atoms with Crippen molar-refractivity contribution >= 4 is 11.3 Å². The van der Waals surface area contributed by atoms with Crippen molar-refractivity contribution in [2.24, 2.45) is 0 Å². The monoisotopic (exact) mass is 220 g/mol. The van der Waals surface area contributed by atoms with Gasteiger partial charge >= 0.3 is 0 Å². The minimum Gasteiger partial charge on any atom is -0.311 e. The molecule has 15 heavy (non-hydrogen) atoms. The van der Waals surface area contributed by atoms with Gasteiger partial charge in [-0.1, -0.05) is 6.92 Å². The Labute approximate surface area is 92.4 Å². The van der Waals surface area contributed by atoms with Gasteiger partial charge in [0.15, 0.2) is 5.82 Å². The zero-order chi connectivity index (χ0) is 10.5. The molecule has 0 aliphatic rings. The second kappa shape index (κ2) is 4.95. The fraction of sp³-hybridized carbons (Fsp3) is 0.300. The summed E-state index contributed by atoms with van der Waals surface area (Å²) in [7, 11) is 0. The molecule has 2 heterocycles. The smallest absolute Gasteiger partial charge is 0.171 e.